The summed E-state index contributed by atoms with van der Waals surface area (Å²) in [5.74, 6) is -0.415. The van der Waals surface area contributed by atoms with Crippen LogP contribution in [0.1, 0.15) is 24.0 Å². The molecule has 1 atom stereocenters. The minimum absolute atomic E-state index is 0.0170. The molecule has 0 aromatic heterocycles. The number of ether oxygens (including phenoxy) is 2. The lowest BCUT2D eigenvalue weighted by molar-refractivity contribution is 0.333. The van der Waals surface area contributed by atoms with Crippen molar-refractivity contribution in [1.29, 1.82) is 5.26 Å². The van der Waals surface area contributed by atoms with Crippen LogP contribution in [0.2, 0.25) is 0 Å². The van der Waals surface area contributed by atoms with Crippen molar-refractivity contribution < 1.29 is 17.9 Å². The maximum atomic E-state index is 13.5. The summed E-state index contributed by atoms with van der Waals surface area (Å²) in [6, 6.07) is 16.1. The van der Waals surface area contributed by atoms with Crippen molar-refractivity contribution in [3.63, 3.8) is 0 Å². The van der Waals surface area contributed by atoms with E-state index in [1.165, 1.54) is 11.4 Å². The number of allylic oxidation sites excluding steroid dienone is 2. The molecule has 0 bridgehead atoms. The maximum Gasteiger partial charge on any atom is 0.264 e. The van der Waals surface area contributed by atoms with E-state index in [0.717, 1.165) is 0 Å². The van der Waals surface area contributed by atoms with Crippen LogP contribution in [0.25, 0.3) is 5.76 Å². The molecule has 2 aromatic carbocycles. The molecule has 2 heterocycles. The monoisotopic (exact) mass is 409 g/mol. The standard InChI is InChI=1S/C21H19N3O4S/c1-3-27-17-11-7-5-9-14(17)18-15(12-22)21(23)28-19-13-8-4-6-10-16(13)24(2)29(25,26)20(18)19/h4-11,18H,3,23H2,1-2H3. The fourth-order valence-electron chi connectivity index (χ4n) is 3.71. The number of hydrogen-bond donors (Lipinski definition) is 1. The van der Waals surface area contributed by atoms with E-state index in [4.69, 9.17) is 15.2 Å². The molecule has 2 aliphatic rings. The first-order valence-corrected chi connectivity index (χ1v) is 10.5. The van der Waals surface area contributed by atoms with E-state index in [9.17, 15) is 13.7 Å². The predicted octanol–water partition coefficient (Wildman–Crippen LogP) is 3.04. The Bertz CT molecular complexity index is 1210. The van der Waals surface area contributed by atoms with Gasteiger partial charge in [-0.15, -0.1) is 0 Å². The molecule has 0 spiro atoms. The molecule has 0 radical (unpaired) electrons. The second kappa shape index (κ2) is 6.87. The smallest absolute Gasteiger partial charge is 0.264 e. The quantitative estimate of drug-likeness (QED) is 0.835. The molecule has 0 saturated carbocycles. The average Bonchev–Trinajstić information content (AvgIpc) is 2.72. The van der Waals surface area contributed by atoms with Gasteiger partial charge in [-0.1, -0.05) is 30.3 Å². The van der Waals surface area contributed by atoms with Crippen molar-refractivity contribution >= 4 is 21.5 Å². The van der Waals surface area contributed by atoms with Gasteiger partial charge in [-0.2, -0.15) is 5.26 Å². The van der Waals surface area contributed by atoms with E-state index in [2.05, 4.69) is 0 Å². The molecule has 29 heavy (non-hydrogen) atoms. The van der Waals surface area contributed by atoms with E-state index in [1.54, 1.807) is 48.5 Å². The number of anilines is 1. The summed E-state index contributed by atoms with van der Waals surface area (Å²) in [6.07, 6.45) is 0. The summed E-state index contributed by atoms with van der Waals surface area (Å²) in [7, 11) is -2.50. The topological polar surface area (TPSA) is 106 Å². The Morgan fingerprint density at radius 3 is 2.62 bits per heavy atom. The number of hydrogen-bond acceptors (Lipinski definition) is 6. The largest absolute Gasteiger partial charge is 0.494 e. The fraction of sp³-hybridized carbons (Fsp3) is 0.190. The van der Waals surface area contributed by atoms with Crippen LogP contribution in [0.4, 0.5) is 5.69 Å². The summed E-state index contributed by atoms with van der Waals surface area (Å²) in [5.41, 5.74) is 7.74. The van der Waals surface area contributed by atoms with Crippen LogP contribution in [0.5, 0.6) is 5.75 Å². The molecule has 7 nitrogen and oxygen atoms in total. The molecule has 2 aliphatic heterocycles. The number of nitriles is 1. The molecule has 8 heteroatoms. The summed E-state index contributed by atoms with van der Waals surface area (Å²) in [5, 5.41) is 9.80. The average molecular weight is 409 g/mol. The highest BCUT2D eigenvalue weighted by Gasteiger charge is 2.46. The van der Waals surface area contributed by atoms with Gasteiger partial charge in [-0.3, -0.25) is 4.31 Å². The van der Waals surface area contributed by atoms with Gasteiger partial charge in [0, 0.05) is 18.2 Å². The lowest BCUT2D eigenvalue weighted by atomic mass is 9.87. The van der Waals surface area contributed by atoms with Crippen molar-refractivity contribution in [1.82, 2.24) is 0 Å². The third kappa shape index (κ3) is 2.74. The van der Waals surface area contributed by atoms with Gasteiger partial charge >= 0.3 is 0 Å². The number of fused-ring (bicyclic) bond motifs is 2. The van der Waals surface area contributed by atoms with E-state index >= 15 is 0 Å². The van der Waals surface area contributed by atoms with Crippen LogP contribution >= 0.6 is 0 Å². The third-order valence-corrected chi connectivity index (χ3v) is 6.92. The second-order valence-electron chi connectivity index (χ2n) is 6.58. The number of sulfonamides is 1. The van der Waals surface area contributed by atoms with Gasteiger partial charge in [-0.05, 0) is 25.1 Å². The molecule has 1 unspecified atom stereocenters. The highest BCUT2D eigenvalue weighted by molar-refractivity contribution is 7.96. The van der Waals surface area contributed by atoms with Crippen molar-refractivity contribution in [3.8, 4) is 11.8 Å². The lowest BCUT2D eigenvalue weighted by Gasteiger charge is -2.36. The predicted molar refractivity (Wildman–Crippen MR) is 109 cm³/mol. The molecule has 0 aliphatic carbocycles. The van der Waals surface area contributed by atoms with Crippen molar-refractivity contribution in [2.24, 2.45) is 5.73 Å². The number of nitrogens with zero attached hydrogens (tertiary/aromatic N) is 2. The van der Waals surface area contributed by atoms with Gasteiger partial charge in [0.05, 0.1) is 18.2 Å². The van der Waals surface area contributed by atoms with E-state index in [-0.39, 0.29) is 22.1 Å². The Kier molecular flexibility index (Phi) is 4.47. The second-order valence-corrected chi connectivity index (χ2v) is 8.52. The van der Waals surface area contributed by atoms with Crippen molar-refractivity contribution in [2.45, 2.75) is 12.8 Å². The zero-order chi connectivity index (χ0) is 20.8. The van der Waals surface area contributed by atoms with Gasteiger partial charge in [0.25, 0.3) is 10.0 Å². The van der Waals surface area contributed by atoms with Gasteiger partial charge in [0.2, 0.25) is 5.88 Å². The van der Waals surface area contributed by atoms with E-state index in [1.807, 2.05) is 13.0 Å². The Labute approximate surface area is 169 Å². The zero-order valence-corrected chi connectivity index (χ0v) is 16.7. The first kappa shape index (κ1) is 18.9. The third-order valence-electron chi connectivity index (χ3n) is 5.03. The van der Waals surface area contributed by atoms with Gasteiger partial charge in [-0.25, -0.2) is 8.42 Å². The lowest BCUT2D eigenvalue weighted by Crippen LogP contribution is -2.37. The summed E-state index contributed by atoms with van der Waals surface area (Å²) < 4.78 is 39.7. The Hall–Kier alpha value is -3.44. The Morgan fingerprint density at radius 1 is 1.21 bits per heavy atom. The molecule has 0 amide bonds. The minimum Gasteiger partial charge on any atom is -0.494 e. The first-order chi connectivity index (χ1) is 13.9. The summed E-state index contributed by atoms with van der Waals surface area (Å²) in [6.45, 7) is 2.23. The molecule has 2 aromatic rings. The highest BCUT2D eigenvalue weighted by atomic mass is 32.2. The molecular formula is C21H19N3O4S. The highest BCUT2D eigenvalue weighted by Crippen LogP contribution is 2.51. The summed E-state index contributed by atoms with van der Waals surface area (Å²) >= 11 is 0. The Morgan fingerprint density at radius 2 is 1.90 bits per heavy atom. The van der Waals surface area contributed by atoms with Crippen LogP contribution in [-0.2, 0) is 14.8 Å². The maximum absolute atomic E-state index is 13.5. The van der Waals surface area contributed by atoms with Crippen LogP contribution in [0.3, 0.4) is 0 Å². The number of rotatable bonds is 3. The molecule has 2 N–H and O–H groups in total. The molecular weight excluding hydrogens is 390 g/mol. The van der Waals surface area contributed by atoms with Crippen molar-refractivity contribution in [2.75, 3.05) is 18.0 Å². The minimum atomic E-state index is -3.98. The normalized spacial score (nSPS) is 19.8. The first-order valence-electron chi connectivity index (χ1n) is 9.03. The van der Waals surface area contributed by atoms with Crippen LogP contribution in [0, 0.1) is 11.3 Å². The number of benzene rings is 2. The van der Waals surface area contributed by atoms with Gasteiger partial charge in [0.1, 0.15) is 22.3 Å². The fourth-order valence-corrected chi connectivity index (χ4v) is 5.35. The SMILES string of the molecule is CCOc1ccccc1C1C(C#N)=C(N)OC2=C1S(=O)(=O)N(C)c1ccccc12. The van der Waals surface area contributed by atoms with Crippen LogP contribution in [-0.4, -0.2) is 22.1 Å². The van der Waals surface area contributed by atoms with E-state index in [0.29, 0.717) is 29.2 Å². The Balaban J connectivity index is 2.07. The van der Waals surface area contributed by atoms with Crippen LogP contribution in [0.15, 0.2) is 64.9 Å². The van der Waals surface area contributed by atoms with Gasteiger partial charge < -0.3 is 15.2 Å². The number of nitrogens with two attached hydrogens (primary N) is 1. The van der Waals surface area contributed by atoms with Gasteiger partial charge in [0.15, 0.2) is 5.76 Å². The molecule has 0 saturated heterocycles. The summed E-state index contributed by atoms with van der Waals surface area (Å²) in [4.78, 5) is -0.0170. The van der Waals surface area contributed by atoms with Crippen LogP contribution < -0.4 is 14.8 Å². The number of para-hydroxylation sites is 2. The molecule has 0 fully saturated rings. The zero-order valence-electron chi connectivity index (χ0n) is 15.9. The van der Waals surface area contributed by atoms with E-state index < -0.39 is 15.9 Å². The van der Waals surface area contributed by atoms with Crippen molar-refractivity contribution in [3.05, 3.63) is 76.0 Å². The molecule has 4 rings (SSSR count). The molecule has 148 valence electrons.